The van der Waals surface area contributed by atoms with Crippen LogP contribution in [0.5, 0.6) is 5.75 Å². The minimum Gasteiger partial charge on any atom is -0.497 e. The Bertz CT molecular complexity index is 706. The first-order valence-corrected chi connectivity index (χ1v) is 8.68. The summed E-state index contributed by atoms with van der Waals surface area (Å²) in [6.45, 7) is 2.88. The minimum atomic E-state index is -0.769. The number of aromatic nitrogens is 1. The minimum absolute atomic E-state index is 0.276. The largest absolute Gasteiger partial charge is 0.497 e. The van der Waals surface area contributed by atoms with E-state index in [1.165, 1.54) is 5.56 Å². The van der Waals surface area contributed by atoms with Gasteiger partial charge in [0.15, 0.2) is 0 Å². The van der Waals surface area contributed by atoms with Gasteiger partial charge in [0, 0.05) is 31.7 Å². The zero-order chi connectivity index (χ0) is 16.6. The Kier molecular flexibility index (Phi) is 4.02. The van der Waals surface area contributed by atoms with E-state index in [2.05, 4.69) is 22.0 Å². The van der Waals surface area contributed by atoms with Gasteiger partial charge in [-0.3, -0.25) is 9.88 Å². The van der Waals surface area contributed by atoms with Crippen molar-refractivity contribution in [2.75, 3.05) is 20.2 Å². The molecular weight excluding hydrogens is 300 g/mol. The molecule has 4 rings (SSSR count). The molecule has 2 aliphatic rings. The van der Waals surface area contributed by atoms with Crippen LogP contribution < -0.4 is 4.74 Å². The molecule has 4 nitrogen and oxygen atoms in total. The van der Waals surface area contributed by atoms with E-state index in [9.17, 15) is 5.11 Å². The van der Waals surface area contributed by atoms with Crippen LogP contribution in [0.4, 0.5) is 0 Å². The van der Waals surface area contributed by atoms with Crippen LogP contribution in [0.15, 0.2) is 48.7 Å². The first-order valence-electron chi connectivity index (χ1n) is 8.68. The van der Waals surface area contributed by atoms with E-state index in [1.807, 2.05) is 30.3 Å². The molecule has 0 radical (unpaired) electrons. The van der Waals surface area contributed by atoms with Crippen molar-refractivity contribution in [3.05, 3.63) is 59.9 Å². The molecule has 0 bridgehead atoms. The average Bonchev–Trinajstić information content (AvgIpc) is 3.16. The average molecular weight is 324 g/mol. The maximum Gasteiger partial charge on any atom is 0.119 e. The fourth-order valence-corrected chi connectivity index (χ4v) is 4.48. The summed E-state index contributed by atoms with van der Waals surface area (Å²) in [5.74, 6) is 1.73. The summed E-state index contributed by atoms with van der Waals surface area (Å²) in [6, 6.07) is 14.1. The van der Waals surface area contributed by atoms with Crippen LogP contribution in [0.25, 0.3) is 0 Å². The third kappa shape index (κ3) is 2.70. The quantitative estimate of drug-likeness (QED) is 0.939. The molecule has 4 heteroatoms. The molecule has 0 amide bonds. The second-order valence-corrected chi connectivity index (χ2v) is 7.09. The number of benzene rings is 1. The summed E-state index contributed by atoms with van der Waals surface area (Å²) in [6.07, 6.45) is 3.68. The number of nitrogens with zero attached hydrogens (tertiary/aromatic N) is 2. The van der Waals surface area contributed by atoms with Crippen LogP contribution in [0.3, 0.4) is 0 Å². The van der Waals surface area contributed by atoms with Gasteiger partial charge >= 0.3 is 0 Å². The van der Waals surface area contributed by atoms with Crippen molar-refractivity contribution >= 4 is 0 Å². The maximum atomic E-state index is 11.3. The summed E-state index contributed by atoms with van der Waals surface area (Å²) >= 11 is 0. The molecule has 1 saturated carbocycles. The molecule has 1 N–H and O–H groups in total. The van der Waals surface area contributed by atoms with Gasteiger partial charge in [-0.05, 0) is 48.6 Å². The van der Waals surface area contributed by atoms with Crippen molar-refractivity contribution in [1.29, 1.82) is 0 Å². The highest BCUT2D eigenvalue weighted by molar-refractivity contribution is 5.28. The summed E-state index contributed by atoms with van der Waals surface area (Å²) < 4.78 is 5.32. The number of hydrogen-bond acceptors (Lipinski definition) is 4. The van der Waals surface area contributed by atoms with Crippen molar-refractivity contribution in [2.45, 2.75) is 25.0 Å². The van der Waals surface area contributed by atoms with Gasteiger partial charge in [0.2, 0.25) is 0 Å². The monoisotopic (exact) mass is 324 g/mol. The lowest BCUT2D eigenvalue weighted by Crippen LogP contribution is -2.35. The van der Waals surface area contributed by atoms with Gasteiger partial charge in [0.1, 0.15) is 11.4 Å². The fourth-order valence-electron chi connectivity index (χ4n) is 4.48. The number of pyridine rings is 1. The predicted octanol–water partition coefficient (Wildman–Crippen LogP) is 2.82. The number of fused-ring (bicyclic) bond motifs is 1. The van der Waals surface area contributed by atoms with E-state index in [4.69, 9.17) is 4.74 Å². The maximum absolute atomic E-state index is 11.3. The van der Waals surface area contributed by atoms with Crippen LogP contribution >= 0.6 is 0 Å². The van der Waals surface area contributed by atoms with Crippen molar-refractivity contribution in [3.8, 4) is 5.75 Å². The molecule has 24 heavy (non-hydrogen) atoms. The highest BCUT2D eigenvalue weighted by Crippen LogP contribution is 2.50. The molecule has 1 saturated heterocycles. The Hall–Kier alpha value is -1.91. The van der Waals surface area contributed by atoms with Crippen LogP contribution in [0.2, 0.25) is 0 Å². The molecule has 1 aliphatic carbocycles. The van der Waals surface area contributed by atoms with E-state index >= 15 is 0 Å². The molecule has 1 aliphatic heterocycles. The van der Waals surface area contributed by atoms with E-state index in [1.54, 1.807) is 13.3 Å². The molecular formula is C20H24N2O2. The van der Waals surface area contributed by atoms with Gasteiger partial charge in [-0.1, -0.05) is 18.2 Å². The summed E-state index contributed by atoms with van der Waals surface area (Å²) in [7, 11) is 1.70. The van der Waals surface area contributed by atoms with Gasteiger partial charge in [-0.2, -0.15) is 0 Å². The van der Waals surface area contributed by atoms with Crippen molar-refractivity contribution in [2.24, 2.45) is 11.8 Å². The first kappa shape index (κ1) is 15.6. The predicted molar refractivity (Wildman–Crippen MR) is 92.6 cm³/mol. The van der Waals surface area contributed by atoms with Gasteiger partial charge in [-0.15, -0.1) is 0 Å². The van der Waals surface area contributed by atoms with Crippen LogP contribution in [-0.2, 0) is 12.1 Å². The lowest BCUT2D eigenvalue weighted by Gasteiger charge is -2.29. The first-order chi connectivity index (χ1) is 11.7. The normalized spacial score (nSPS) is 29.6. The Labute approximate surface area is 143 Å². The van der Waals surface area contributed by atoms with E-state index in [-0.39, 0.29) is 5.92 Å². The molecule has 1 aromatic heterocycles. The Morgan fingerprint density at radius 2 is 2.17 bits per heavy atom. The summed E-state index contributed by atoms with van der Waals surface area (Å²) in [4.78, 5) is 6.90. The Balaban J connectivity index is 1.50. The van der Waals surface area contributed by atoms with Crippen molar-refractivity contribution in [3.63, 3.8) is 0 Å². The van der Waals surface area contributed by atoms with E-state index < -0.39 is 5.60 Å². The topological polar surface area (TPSA) is 45.6 Å². The lowest BCUT2D eigenvalue weighted by molar-refractivity contribution is -0.0108. The van der Waals surface area contributed by atoms with Crippen molar-refractivity contribution < 1.29 is 9.84 Å². The smallest absolute Gasteiger partial charge is 0.119 e. The molecule has 1 aromatic carbocycles. The number of likely N-dealkylation sites (tertiary alicyclic amines) is 1. The number of hydrogen-bond donors (Lipinski definition) is 1. The molecule has 0 spiro atoms. The van der Waals surface area contributed by atoms with Gasteiger partial charge in [0.05, 0.1) is 12.8 Å². The number of rotatable bonds is 4. The molecule has 2 aromatic rings. The second-order valence-electron chi connectivity index (χ2n) is 7.09. The van der Waals surface area contributed by atoms with Crippen LogP contribution in [-0.4, -0.2) is 35.2 Å². The zero-order valence-corrected chi connectivity index (χ0v) is 14.1. The van der Waals surface area contributed by atoms with Gasteiger partial charge in [0.25, 0.3) is 0 Å². The second kappa shape index (κ2) is 6.19. The van der Waals surface area contributed by atoms with Gasteiger partial charge in [-0.25, -0.2) is 0 Å². The molecule has 2 fully saturated rings. The lowest BCUT2D eigenvalue weighted by atomic mass is 9.85. The number of methoxy groups -OCH3 is 1. The van der Waals surface area contributed by atoms with E-state index in [0.717, 1.165) is 43.9 Å². The van der Waals surface area contributed by atoms with Gasteiger partial charge < -0.3 is 9.84 Å². The van der Waals surface area contributed by atoms with E-state index in [0.29, 0.717) is 5.92 Å². The summed E-state index contributed by atoms with van der Waals surface area (Å²) in [5.41, 5.74) is 1.33. The fraction of sp³-hybridized carbons (Fsp3) is 0.450. The highest BCUT2D eigenvalue weighted by atomic mass is 16.5. The summed E-state index contributed by atoms with van der Waals surface area (Å²) in [5, 5.41) is 11.3. The number of aliphatic hydroxyl groups is 1. The molecule has 126 valence electrons. The van der Waals surface area contributed by atoms with Crippen LogP contribution in [0.1, 0.15) is 24.1 Å². The molecule has 3 atom stereocenters. The Morgan fingerprint density at radius 3 is 2.96 bits per heavy atom. The van der Waals surface area contributed by atoms with Crippen molar-refractivity contribution in [1.82, 2.24) is 9.88 Å². The Morgan fingerprint density at radius 1 is 1.25 bits per heavy atom. The van der Waals surface area contributed by atoms with Crippen LogP contribution in [0, 0.1) is 11.8 Å². The number of ether oxygens (including phenoxy) is 1. The highest BCUT2D eigenvalue weighted by Gasteiger charge is 2.52. The third-order valence-electron chi connectivity index (χ3n) is 5.68. The third-order valence-corrected chi connectivity index (χ3v) is 5.68. The zero-order valence-electron chi connectivity index (χ0n) is 14.1. The standard InChI is InChI=1S/C20H24N2O2/c1-24-17-6-4-5-15(11-17)12-22-13-16-8-9-20(23,18(16)14-22)19-7-2-3-10-21-19/h2-7,10-11,16,18,23H,8-9,12-14H2,1H3/t16-,18+,20-/m0/s1. The molecule has 0 unspecified atom stereocenters. The SMILES string of the molecule is COc1cccc(CN2C[C@@H]3CC[C@@](O)(c4ccccn4)[C@@H]3C2)c1. The molecule has 2 heterocycles.